The summed E-state index contributed by atoms with van der Waals surface area (Å²) in [6.07, 6.45) is 9.07. The molecular formula is C57H58F3N5O7S. The van der Waals surface area contributed by atoms with E-state index in [2.05, 4.69) is 66.6 Å². The number of amides is 1. The van der Waals surface area contributed by atoms with Crippen molar-refractivity contribution in [3.05, 3.63) is 229 Å². The van der Waals surface area contributed by atoms with E-state index >= 15 is 0 Å². The average molecular weight is 1010 g/mol. The number of rotatable bonds is 13. The van der Waals surface area contributed by atoms with Gasteiger partial charge in [-0.2, -0.15) is 21.6 Å². The molecule has 0 unspecified atom stereocenters. The molecule has 1 N–H and O–H groups in total. The Hall–Kier alpha value is -8.08. The lowest BCUT2D eigenvalue weighted by atomic mass is 10.0. The van der Waals surface area contributed by atoms with Gasteiger partial charge in [0.1, 0.15) is 11.5 Å². The zero-order valence-electron chi connectivity index (χ0n) is 41.2. The maximum absolute atomic E-state index is 12.1. The van der Waals surface area contributed by atoms with Crippen molar-refractivity contribution in [2.24, 2.45) is 0 Å². The lowest BCUT2D eigenvalue weighted by Crippen LogP contribution is -2.28. The number of ketones is 1. The molecule has 380 valence electrons. The van der Waals surface area contributed by atoms with Crippen LogP contribution in [0, 0.1) is 20.8 Å². The van der Waals surface area contributed by atoms with E-state index in [1.54, 1.807) is 26.1 Å². The normalized spacial score (nSPS) is 10.5. The van der Waals surface area contributed by atoms with Gasteiger partial charge in [0.05, 0.1) is 19.5 Å². The van der Waals surface area contributed by atoms with Crippen LogP contribution in [0.3, 0.4) is 0 Å². The monoisotopic (exact) mass is 1010 g/mol. The van der Waals surface area contributed by atoms with Crippen molar-refractivity contribution < 1.29 is 45.3 Å². The molecule has 0 fully saturated rings. The van der Waals surface area contributed by atoms with E-state index in [4.69, 9.17) is 9.94 Å². The summed E-state index contributed by atoms with van der Waals surface area (Å²) in [7, 11) is -2.50. The largest absolute Gasteiger partial charge is 0.534 e. The first-order valence-electron chi connectivity index (χ1n) is 22.9. The minimum absolute atomic E-state index is 0.00338. The lowest BCUT2D eigenvalue weighted by molar-refractivity contribution is -0.168. The van der Waals surface area contributed by atoms with Crippen molar-refractivity contribution >= 4 is 21.8 Å². The molecular weight excluding hydrogens is 956 g/mol. The predicted octanol–water partition coefficient (Wildman–Crippen LogP) is 11.9. The SMILES string of the molecule is CON(C)C(=O)CCc1ccccc1.Cc1ccc(-c2ccccc2)cn1.Cc1ccc(O)cn1.Cc1ccc(OS(=O)(=O)C(F)(F)F)cn1.O=C(CCc1ccccc1)Cc1ccc(-c2ccccc2)cn1. The van der Waals surface area contributed by atoms with Gasteiger partial charge in [-0.05, 0) is 92.3 Å². The molecule has 73 heavy (non-hydrogen) atoms. The van der Waals surface area contributed by atoms with E-state index in [-0.39, 0.29) is 17.4 Å². The number of aromatic nitrogens is 4. The standard InChI is InChI=1S/C21H19NO.C12H11N.C11H15NO2.C7H6F3NO3S.C6H7NO/c23-21(14-11-17-7-3-1-4-8-17)15-20-13-12-19(16-22-20)18-9-5-2-6-10-18;1-10-7-8-12(9-13-10)11-5-3-2-4-6-11;1-12(14-2)11(13)9-8-10-6-4-3-5-7-10;1-5-2-3-6(4-11-5)14-15(12,13)7(8,9)10;1-5-2-3-6(8)4-7-5/h1-10,12-13,16H,11,14-15H2;2-9H,1H3;3-7H,8-9H2,1-2H3;2-4H,1H3;2-4,8H,1H3. The highest BCUT2D eigenvalue weighted by atomic mass is 32.2. The number of benzene rings is 4. The van der Waals surface area contributed by atoms with Crippen LogP contribution < -0.4 is 4.18 Å². The number of hydrogen-bond donors (Lipinski definition) is 1. The van der Waals surface area contributed by atoms with Crippen molar-refractivity contribution in [2.45, 2.75) is 58.4 Å². The van der Waals surface area contributed by atoms with E-state index in [0.29, 0.717) is 25.0 Å². The van der Waals surface area contributed by atoms with Crippen LogP contribution in [-0.4, -0.2) is 69.9 Å². The molecule has 4 aromatic heterocycles. The van der Waals surface area contributed by atoms with E-state index in [1.165, 1.54) is 46.7 Å². The number of halogens is 3. The van der Waals surface area contributed by atoms with Crippen LogP contribution in [0.1, 0.15) is 46.7 Å². The Balaban J connectivity index is 0.000000206. The number of Topliss-reactive ketones (excluding diaryl/α,β-unsaturated/α-hetero) is 1. The van der Waals surface area contributed by atoms with Crippen molar-refractivity contribution in [2.75, 3.05) is 14.2 Å². The third-order valence-corrected chi connectivity index (χ3v) is 11.2. The molecule has 0 saturated heterocycles. The van der Waals surface area contributed by atoms with Gasteiger partial charge in [-0.1, -0.05) is 133 Å². The summed E-state index contributed by atoms with van der Waals surface area (Å²) in [5.74, 6) is -0.0290. The van der Waals surface area contributed by atoms with Gasteiger partial charge in [0, 0.05) is 72.6 Å². The highest BCUT2D eigenvalue weighted by Crippen LogP contribution is 2.26. The highest BCUT2D eigenvalue weighted by molar-refractivity contribution is 7.88. The van der Waals surface area contributed by atoms with Crippen molar-refractivity contribution in [3.8, 4) is 33.8 Å². The van der Waals surface area contributed by atoms with Gasteiger partial charge in [0.15, 0.2) is 5.75 Å². The first-order valence-corrected chi connectivity index (χ1v) is 24.3. The lowest BCUT2D eigenvalue weighted by Gasteiger charge is -2.13. The van der Waals surface area contributed by atoms with Gasteiger partial charge in [-0.15, -0.1) is 0 Å². The number of carbonyl (C=O) groups excluding carboxylic acids is 2. The second-order valence-electron chi connectivity index (χ2n) is 16.0. The molecule has 0 radical (unpaired) electrons. The minimum atomic E-state index is -5.60. The molecule has 0 saturated carbocycles. The summed E-state index contributed by atoms with van der Waals surface area (Å²) in [5, 5.41) is 9.95. The van der Waals surface area contributed by atoms with Crippen LogP contribution in [0.4, 0.5) is 13.2 Å². The van der Waals surface area contributed by atoms with Crippen molar-refractivity contribution in [3.63, 3.8) is 0 Å². The average Bonchev–Trinajstić information content (AvgIpc) is 3.40. The highest BCUT2D eigenvalue weighted by Gasteiger charge is 2.48. The molecule has 12 nitrogen and oxygen atoms in total. The number of nitrogens with zero attached hydrogens (tertiary/aromatic N) is 5. The van der Waals surface area contributed by atoms with Gasteiger partial charge in [0.2, 0.25) is 5.91 Å². The Bertz CT molecular complexity index is 2920. The van der Waals surface area contributed by atoms with E-state index in [1.807, 2.05) is 129 Å². The summed E-state index contributed by atoms with van der Waals surface area (Å²) in [4.78, 5) is 44.3. The van der Waals surface area contributed by atoms with Crippen molar-refractivity contribution in [1.29, 1.82) is 0 Å². The minimum Gasteiger partial charge on any atom is -0.506 e. The maximum atomic E-state index is 12.1. The van der Waals surface area contributed by atoms with Gasteiger partial charge >= 0.3 is 15.6 Å². The summed E-state index contributed by atoms with van der Waals surface area (Å²) in [6.45, 7) is 5.47. The number of hydroxylamine groups is 2. The smallest absolute Gasteiger partial charge is 0.506 e. The maximum Gasteiger partial charge on any atom is 0.534 e. The van der Waals surface area contributed by atoms with E-state index < -0.39 is 21.4 Å². The van der Waals surface area contributed by atoms with Gasteiger partial charge in [0.25, 0.3) is 0 Å². The van der Waals surface area contributed by atoms with Gasteiger partial charge in [-0.3, -0.25) is 34.4 Å². The Kier molecular flexibility index (Phi) is 23.6. The Morgan fingerprint density at radius 1 is 0.548 bits per heavy atom. The summed E-state index contributed by atoms with van der Waals surface area (Å²) in [6, 6.07) is 54.3. The van der Waals surface area contributed by atoms with Gasteiger partial charge < -0.3 is 9.29 Å². The number of aryl methyl sites for hydroxylation is 5. The fourth-order valence-electron chi connectivity index (χ4n) is 6.11. The molecule has 8 rings (SSSR count). The molecule has 16 heteroatoms. The first kappa shape index (κ1) is 57.5. The Morgan fingerprint density at radius 3 is 1.38 bits per heavy atom. The van der Waals surface area contributed by atoms with Crippen molar-refractivity contribution in [1.82, 2.24) is 25.0 Å². The topological polar surface area (TPSA) is 162 Å². The van der Waals surface area contributed by atoms with Crippen LogP contribution in [0.5, 0.6) is 11.5 Å². The Labute approximate surface area is 425 Å². The number of alkyl halides is 3. The molecule has 0 bridgehead atoms. The molecule has 0 aliphatic carbocycles. The van der Waals surface area contributed by atoms with Crippen LogP contribution in [0.15, 0.2) is 195 Å². The summed E-state index contributed by atoms with van der Waals surface area (Å²) >= 11 is 0. The second-order valence-corrected chi connectivity index (χ2v) is 17.5. The molecule has 8 aromatic rings. The van der Waals surface area contributed by atoms with Crippen LogP contribution in [-0.2, 0) is 43.8 Å². The van der Waals surface area contributed by atoms with Crippen LogP contribution in [0.25, 0.3) is 22.3 Å². The van der Waals surface area contributed by atoms with Gasteiger partial charge in [-0.25, -0.2) is 5.06 Å². The molecule has 0 atom stereocenters. The number of pyridine rings is 4. The number of hydrogen-bond acceptors (Lipinski definition) is 11. The quantitative estimate of drug-likeness (QED) is 0.0664. The van der Waals surface area contributed by atoms with Crippen LogP contribution >= 0.6 is 0 Å². The molecule has 4 aromatic carbocycles. The fraction of sp³-hybridized carbons (Fsp3) is 0.193. The summed E-state index contributed by atoms with van der Waals surface area (Å²) < 4.78 is 60.5. The molecule has 0 aliphatic heterocycles. The van der Waals surface area contributed by atoms with E-state index in [9.17, 15) is 31.2 Å². The summed E-state index contributed by atoms with van der Waals surface area (Å²) in [5.41, 5.74) is 4.89. The third kappa shape index (κ3) is 21.8. The third-order valence-electron chi connectivity index (χ3n) is 10.2. The zero-order chi connectivity index (χ0) is 53.1. The molecule has 4 heterocycles. The number of carbonyl (C=O) groups is 2. The molecule has 1 amide bonds. The fourth-order valence-corrected chi connectivity index (χ4v) is 6.56. The molecule has 0 spiro atoms. The zero-order valence-corrected chi connectivity index (χ0v) is 42.0. The number of aromatic hydroxyl groups is 1. The first-order chi connectivity index (χ1) is 34.9. The second kappa shape index (κ2) is 29.9. The van der Waals surface area contributed by atoms with E-state index in [0.717, 1.165) is 53.3 Å². The molecule has 0 aliphatic rings. The predicted molar refractivity (Wildman–Crippen MR) is 277 cm³/mol. The Morgan fingerprint density at radius 2 is 0.986 bits per heavy atom. The van der Waals surface area contributed by atoms with Crippen LogP contribution in [0.2, 0.25) is 0 Å².